The van der Waals surface area contributed by atoms with E-state index in [0.717, 1.165) is 11.1 Å². The van der Waals surface area contributed by atoms with Crippen LogP contribution < -0.4 is 15.4 Å². The van der Waals surface area contributed by atoms with Crippen LogP contribution in [0, 0.1) is 6.92 Å². The summed E-state index contributed by atoms with van der Waals surface area (Å²) in [4.78, 5) is 36.2. The molecule has 0 aliphatic carbocycles. The van der Waals surface area contributed by atoms with E-state index >= 15 is 0 Å². The van der Waals surface area contributed by atoms with E-state index in [2.05, 4.69) is 10.6 Å². The summed E-state index contributed by atoms with van der Waals surface area (Å²) in [5, 5.41) is 5.59. The van der Waals surface area contributed by atoms with Gasteiger partial charge in [0.2, 0.25) is 0 Å². The van der Waals surface area contributed by atoms with Gasteiger partial charge in [0.05, 0.1) is 11.3 Å². The lowest BCUT2D eigenvalue weighted by molar-refractivity contribution is -0.118. The fourth-order valence-corrected chi connectivity index (χ4v) is 3.12. The fourth-order valence-electron chi connectivity index (χ4n) is 3.12. The lowest BCUT2D eigenvalue weighted by Crippen LogP contribution is -2.22. The fraction of sp³-hybridized carbons (Fsp3) is 0.192. The first kappa shape index (κ1) is 22.7. The maximum absolute atomic E-state index is 12.7. The second-order valence-corrected chi connectivity index (χ2v) is 7.55. The van der Waals surface area contributed by atoms with Crippen LogP contribution in [0.4, 0.5) is 11.4 Å². The molecule has 0 atom stereocenters. The smallest absolute Gasteiger partial charge is 0.262 e. The van der Waals surface area contributed by atoms with E-state index in [1.54, 1.807) is 43.3 Å². The zero-order valence-corrected chi connectivity index (χ0v) is 18.2. The molecule has 0 bridgehead atoms. The summed E-state index contributed by atoms with van der Waals surface area (Å²) in [5.74, 6) is 0.0158. The first-order valence-electron chi connectivity index (χ1n) is 10.4. The number of anilines is 2. The van der Waals surface area contributed by atoms with Gasteiger partial charge in [-0.05, 0) is 67.8 Å². The molecule has 0 saturated carbocycles. The van der Waals surface area contributed by atoms with Crippen LogP contribution in [0.1, 0.15) is 34.8 Å². The Morgan fingerprint density at radius 3 is 2.34 bits per heavy atom. The van der Waals surface area contributed by atoms with Crippen molar-refractivity contribution >= 4 is 29.0 Å². The van der Waals surface area contributed by atoms with Crippen molar-refractivity contribution < 1.29 is 19.1 Å². The number of carbonyl (C=O) groups is 3. The molecule has 3 aromatic rings. The van der Waals surface area contributed by atoms with Gasteiger partial charge in [0.25, 0.3) is 11.8 Å². The van der Waals surface area contributed by atoms with E-state index in [0.29, 0.717) is 35.5 Å². The van der Waals surface area contributed by atoms with Crippen molar-refractivity contribution in [1.29, 1.82) is 0 Å². The topological polar surface area (TPSA) is 84.5 Å². The highest BCUT2D eigenvalue weighted by Gasteiger charge is 2.14. The average Bonchev–Trinajstić information content (AvgIpc) is 2.77. The molecule has 0 saturated heterocycles. The van der Waals surface area contributed by atoms with E-state index < -0.39 is 0 Å². The predicted molar refractivity (Wildman–Crippen MR) is 125 cm³/mol. The molecule has 0 spiro atoms. The van der Waals surface area contributed by atoms with Crippen molar-refractivity contribution in [2.75, 3.05) is 17.2 Å². The summed E-state index contributed by atoms with van der Waals surface area (Å²) in [6.07, 6.45) is 1.18. The standard InChI is InChI=1S/C26H26N2O4/c1-18-6-5-7-21(16-18)27-26(31)23-8-3-4-9-24(23)28-25(30)17-32-22-14-12-20(13-15-22)11-10-19(2)29/h3-9,12-16H,10-11,17H2,1-2H3,(H,27,31)(H,28,30). The molecule has 0 aliphatic rings. The molecule has 6 heteroatoms. The minimum atomic E-state index is -0.374. The Bertz CT molecular complexity index is 1110. The number of Topliss-reactive ketones (excluding diaryl/α,β-unsaturated/α-hetero) is 1. The molecule has 0 aliphatic heterocycles. The summed E-state index contributed by atoms with van der Waals surface area (Å²) in [6.45, 7) is 3.32. The van der Waals surface area contributed by atoms with E-state index in [1.165, 1.54) is 0 Å². The van der Waals surface area contributed by atoms with Gasteiger partial charge in [0.15, 0.2) is 6.61 Å². The second-order valence-electron chi connectivity index (χ2n) is 7.55. The van der Waals surface area contributed by atoms with Crippen LogP contribution in [0.3, 0.4) is 0 Å². The Morgan fingerprint density at radius 1 is 0.875 bits per heavy atom. The van der Waals surface area contributed by atoms with E-state index in [-0.39, 0.29) is 24.2 Å². The van der Waals surface area contributed by atoms with Gasteiger partial charge in [0, 0.05) is 12.1 Å². The minimum absolute atomic E-state index is 0.148. The van der Waals surface area contributed by atoms with Crippen LogP contribution >= 0.6 is 0 Å². The lowest BCUT2D eigenvalue weighted by atomic mass is 10.1. The average molecular weight is 431 g/mol. The Hall–Kier alpha value is -3.93. The molecule has 0 unspecified atom stereocenters. The molecule has 0 heterocycles. The molecule has 2 N–H and O–H groups in total. The summed E-state index contributed by atoms with van der Waals surface area (Å²) in [6, 6.07) is 21.6. The number of hydrogen-bond acceptors (Lipinski definition) is 4. The molecule has 0 fully saturated rings. The van der Waals surface area contributed by atoms with E-state index in [4.69, 9.17) is 4.74 Å². The van der Waals surface area contributed by atoms with Gasteiger partial charge in [-0.25, -0.2) is 0 Å². The molecule has 6 nitrogen and oxygen atoms in total. The Balaban J connectivity index is 1.57. The Kier molecular flexibility index (Phi) is 7.75. The third kappa shape index (κ3) is 6.80. The zero-order chi connectivity index (χ0) is 22.9. The second kappa shape index (κ2) is 10.9. The highest BCUT2D eigenvalue weighted by molar-refractivity contribution is 6.10. The first-order valence-corrected chi connectivity index (χ1v) is 10.4. The minimum Gasteiger partial charge on any atom is -0.484 e. The van der Waals surface area contributed by atoms with Crippen molar-refractivity contribution in [2.24, 2.45) is 0 Å². The summed E-state index contributed by atoms with van der Waals surface area (Å²) in [7, 11) is 0. The third-order valence-corrected chi connectivity index (χ3v) is 4.78. The number of rotatable bonds is 9. The highest BCUT2D eigenvalue weighted by atomic mass is 16.5. The van der Waals surface area contributed by atoms with Gasteiger partial charge >= 0.3 is 0 Å². The number of amides is 2. The largest absolute Gasteiger partial charge is 0.484 e. The number of benzene rings is 3. The molecular weight excluding hydrogens is 404 g/mol. The van der Waals surface area contributed by atoms with Crippen molar-refractivity contribution in [3.8, 4) is 5.75 Å². The third-order valence-electron chi connectivity index (χ3n) is 4.78. The summed E-state index contributed by atoms with van der Waals surface area (Å²) >= 11 is 0. The number of para-hydroxylation sites is 1. The number of ether oxygens (including phenoxy) is 1. The van der Waals surface area contributed by atoms with Gasteiger partial charge in [-0.2, -0.15) is 0 Å². The van der Waals surface area contributed by atoms with E-state index in [9.17, 15) is 14.4 Å². The molecule has 0 radical (unpaired) electrons. The Labute approximate surface area is 187 Å². The summed E-state index contributed by atoms with van der Waals surface area (Å²) < 4.78 is 5.55. The van der Waals surface area contributed by atoms with Gasteiger partial charge in [0.1, 0.15) is 11.5 Å². The van der Waals surface area contributed by atoms with Crippen molar-refractivity contribution in [3.63, 3.8) is 0 Å². The molecule has 2 amide bonds. The highest BCUT2D eigenvalue weighted by Crippen LogP contribution is 2.19. The van der Waals surface area contributed by atoms with Gasteiger partial charge in [-0.1, -0.05) is 36.4 Å². The number of ketones is 1. The maximum Gasteiger partial charge on any atom is 0.262 e. The molecule has 164 valence electrons. The van der Waals surface area contributed by atoms with Crippen LogP contribution in [0.5, 0.6) is 5.75 Å². The number of aryl methyl sites for hydroxylation is 2. The normalized spacial score (nSPS) is 10.3. The van der Waals surface area contributed by atoms with Gasteiger partial charge in [-0.15, -0.1) is 0 Å². The predicted octanol–water partition coefficient (Wildman–Crippen LogP) is 4.79. The SMILES string of the molecule is CC(=O)CCc1ccc(OCC(=O)Nc2ccccc2C(=O)Nc2cccc(C)c2)cc1. The molecule has 0 aromatic heterocycles. The number of carbonyl (C=O) groups excluding carboxylic acids is 3. The first-order chi connectivity index (χ1) is 15.4. The van der Waals surface area contributed by atoms with Crippen molar-refractivity contribution in [3.05, 3.63) is 89.5 Å². The van der Waals surface area contributed by atoms with Crippen molar-refractivity contribution in [2.45, 2.75) is 26.7 Å². The van der Waals surface area contributed by atoms with Crippen LogP contribution in [0.25, 0.3) is 0 Å². The molecule has 32 heavy (non-hydrogen) atoms. The van der Waals surface area contributed by atoms with Crippen LogP contribution in [-0.2, 0) is 16.0 Å². The van der Waals surface area contributed by atoms with E-state index in [1.807, 2.05) is 43.3 Å². The van der Waals surface area contributed by atoms with Gasteiger partial charge in [-0.3, -0.25) is 9.59 Å². The van der Waals surface area contributed by atoms with Crippen LogP contribution in [-0.4, -0.2) is 24.2 Å². The van der Waals surface area contributed by atoms with Crippen LogP contribution in [0.15, 0.2) is 72.8 Å². The number of nitrogens with one attached hydrogen (secondary N) is 2. The zero-order valence-electron chi connectivity index (χ0n) is 18.2. The van der Waals surface area contributed by atoms with Gasteiger partial charge < -0.3 is 20.2 Å². The molecular formula is C26H26N2O4. The van der Waals surface area contributed by atoms with Crippen LogP contribution in [0.2, 0.25) is 0 Å². The lowest BCUT2D eigenvalue weighted by Gasteiger charge is -2.12. The Morgan fingerprint density at radius 2 is 1.62 bits per heavy atom. The quantitative estimate of drug-likeness (QED) is 0.511. The molecule has 3 aromatic carbocycles. The summed E-state index contributed by atoms with van der Waals surface area (Å²) in [5.41, 5.74) is 3.52. The number of hydrogen-bond donors (Lipinski definition) is 2. The monoisotopic (exact) mass is 430 g/mol. The molecule has 3 rings (SSSR count). The maximum atomic E-state index is 12.7. The van der Waals surface area contributed by atoms with Crippen molar-refractivity contribution in [1.82, 2.24) is 0 Å².